The largest absolute Gasteiger partial charge is 0.324 e. The zero-order valence-corrected chi connectivity index (χ0v) is 9.16. The maximum absolute atomic E-state index is 11.4. The van der Waals surface area contributed by atoms with Crippen LogP contribution in [0.2, 0.25) is 0 Å². The predicted molar refractivity (Wildman–Crippen MR) is 54.4 cm³/mol. The average Bonchev–Trinajstić information content (AvgIpc) is 2.54. The smallest absolute Gasteiger partial charge is 0.220 e. The summed E-state index contributed by atoms with van der Waals surface area (Å²) in [7, 11) is 0. The third kappa shape index (κ3) is 1.75. The maximum atomic E-state index is 11.4. The quantitative estimate of drug-likeness (QED) is 0.674. The predicted octanol–water partition coefficient (Wildman–Crippen LogP) is 1.94. The minimum Gasteiger partial charge on any atom is -0.324 e. The summed E-state index contributed by atoms with van der Waals surface area (Å²) in [6.07, 6.45) is 2.86. The lowest BCUT2D eigenvalue weighted by Gasteiger charge is -2.27. The molecule has 14 heavy (non-hydrogen) atoms. The molecule has 1 rings (SSSR count). The molecule has 3 nitrogen and oxygen atoms in total. The van der Waals surface area contributed by atoms with E-state index in [-0.39, 0.29) is 18.0 Å². The fourth-order valence-corrected chi connectivity index (χ4v) is 2.55. The number of carbonyl (C=O) groups is 1. The van der Waals surface area contributed by atoms with Crippen molar-refractivity contribution in [3.63, 3.8) is 0 Å². The lowest BCUT2D eigenvalue weighted by molar-refractivity contribution is -0.131. The number of nitrogens with zero attached hydrogens (tertiary/aromatic N) is 2. The van der Waals surface area contributed by atoms with Gasteiger partial charge in [0.25, 0.3) is 0 Å². The molecule has 3 heteroatoms. The highest BCUT2D eigenvalue weighted by Crippen LogP contribution is 2.33. The summed E-state index contributed by atoms with van der Waals surface area (Å²) in [5.41, 5.74) is 0. The van der Waals surface area contributed by atoms with Gasteiger partial charge < -0.3 is 4.90 Å². The van der Waals surface area contributed by atoms with Gasteiger partial charge in [-0.1, -0.05) is 20.3 Å². The van der Waals surface area contributed by atoms with Crippen LogP contribution in [0.15, 0.2) is 0 Å². The van der Waals surface area contributed by atoms with Gasteiger partial charge in [0.2, 0.25) is 5.91 Å². The van der Waals surface area contributed by atoms with E-state index >= 15 is 0 Å². The lowest BCUT2D eigenvalue weighted by atomic mass is 9.95. The summed E-state index contributed by atoms with van der Waals surface area (Å²) in [5.74, 6) is 0.549. The highest BCUT2D eigenvalue weighted by molar-refractivity contribution is 5.74. The van der Waals surface area contributed by atoms with Crippen molar-refractivity contribution < 1.29 is 4.79 Å². The molecule has 1 aliphatic rings. The van der Waals surface area contributed by atoms with Crippen LogP contribution >= 0.6 is 0 Å². The summed E-state index contributed by atoms with van der Waals surface area (Å²) in [5, 5.41) is 8.97. The van der Waals surface area contributed by atoms with Crippen LogP contribution in [0, 0.1) is 17.2 Å². The molecule has 1 fully saturated rings. The van der Waals surface area contributed by atoms with E-state index in [2.05, 4.69) is 19.9 Å². The first-order chi connectivity index (χ1) is 6.65. The zero-order chi connectivity index (χ0) is 10.7. The molecule has 0 N–H and O–H groups in total. The Labute approximate surface area is 85.7 Å². The van der Waals surface area contributed by atoms with Crippen molar-refractivity contribution >= 4 is 5.91 Å². The minimum atomic E-state index is -0.192. The van der Waals surface area contributed by atoms with Crippen molar-refractivity contribution in [1.82, 2.24) is 4.90 Å². The number of nitriles is 1. The Hall–Kier alpha value is -1.04. The fraction of sp³-hybridized carbons (Fsp3) is 0.818. The second kappa shape index (κ2) is 4.45. The van der Waals surface area contributed by atoms with E-state index in [4.69, 9.17) is 5.26 Å². The van der Waals surface area contributed by atoms with E-state index in [0.717, 1.165) is 19.3 Å². The first kappa shape index (κ1) is 11.0. The zero-order valence-electron chi connectivity index (χ0n) is 9.16. The number of hydrogen-bond acceptors (Lipinski definition) is 2. The monoisotopic (exact) mass is 194 g/mol. The number of hydrogen-bond donors (Lipinski definition) is 0. The third-order valence-electron chi connectivity index (χ3n) is 3.22. The first-order valence-corrected chi connectivity index (χ1v) is 5.34. The molecule has 3 atom stereocenters. The highest BCUT2D eigenvalue weighted by Gasteiger charge is 2.40. The minimum absolute atomic E-state index is 0.0411. The van der Waals surface area contributed by atoms with Crippen LogP contribution in [0.4, 0.5) is 0 Å². The van der Waals surface area contributed by atoms with Crippen LogP contribution < -0.4 is 0 Å². The molecule has 0 unspecified atom stereocenters. The van der Waals surface area contributed by atoms with Gasteiger partial charge in [-0.25, -0.2) is 0 Å². The van der Waals surface area contributed by atoms with E-state index < -0.39 is 0 Å². The van der Waals surface area contributed by atoms with E-state index in [1.807, 2.05) is 0 Å². The van der Waals surface area contributed by atoms with Crippen LogP contribution in [-0.2, 0) is 4.79 Å². The first-order valence-electron chi connectivity index (χ1n) is 5.34. The van der Waals surface area contributed by atoms with Crippen LogP contribution in [0.5, 0.6) is 0 Å². The van der Waals surface area contributed by atoms with E-state index in [1.165, 1.54) is 0 Å². The molecule has 1 amide bonds. The Bertz CT molecular complexity index is 257. The fourth-order valence-electron chi connectivity index (χ4n) is 2.55. The summed E-state index contributed by atoms with van der Waals surface area (Å²) >= 11 is 0. The van der Waals surface area contributed by atoms with Crippen molar-refractivity contribution in [2.45, 2.75) is 52.1 Å². The van der Waals surface area contributed by atoms with Crippen molar-refractivity contribution in [3.8, 4) is 6.07 Å². The second-order valence-electron chi connectivity index (χ2n) is 3.95. The van der Waals surface area contributed by atoms with Crippen molar-refractivity contribution in [1.29, 1.82) is 5.26 Å². The van der Waals surface area contributed by atoms with Crippen LogP contribution in [0.3, 0.4) is 0 Å². The normalized spacial score (nSPS) is 31.6. The highest BCUT2D eigenvalue weighted by atomic mass is 16.2. The summed E-state index contributed by atoms with van der Waals surface area (Å²) in [6, 6.07) is 2.32. The molecule has 0 aromatic carbocycles. The molecule has 78 valence electrons. The molecule has 0 radical (unpaired) electrons. The van der Waals surface area contributed by atoms with E-state index in [9.17, 15) is 4.79 Å². The van der Waals surface area contributed by atoms with Gasteiger partial charge in [-0.2, -0.15) is 5.26 Å². The molecule has 0 aliphatic carbocycles. The van der Waals surface area contributed by atoms with E-state index in [1.54, 1.807) is 11.8 Å². The van der Waals surface area contributed by atoms with E-state index in [0.29, 0.717) is 5.92 Å². The standard InChI is InChI=1S/C11H18N2O/c1-4-9-6-10(7-12)13(8(3)14)11(9)5-2/h9-11H,4-6H2,1-3H3/t9-,10-,11-/m0/s1. The third-order valence-corrected chi connectivity index (χ3v) is 3.22. The summed E-state index contributed by atoms with van der Waals surface area (Å²) < 4.78 is 0. The van der Waals surface area contributed by atoms with Gasteiger partial charge >= 0.3 is 0 Å². The molecule has 0 spiro atoms. The van der Waals surface area contributed by atoms with Crippen LogP contribution in [0.1, 0.15) is 40.0 Å². The van der Waals surface area contributed by atoms with Crippen molar-refractivity contribution in [3.05, 3.63) is 0 Å². The molecule has 0 aromatic rings. The lowest BCUT2D eigenvalue weighted by Crippen LogP contribution is -2.40. The van der Waals surface area contributed by atoms with Gasteiger partial charge in [-0.15, -0.1) is 0 Å². The Morgan fingerprint density at radius 3 is 2.50 bits per heavy atom. The summed E-state index contributed by atoms with van der Waals surface area (Å²) in [6.45, 7) is 5.78. The molecule has 1 heterocycles. The van der Waals surface area contributed by atoms with Gasteiger partial charge in [-0.05, 0) is 18.8 Å². The number of amides is 1. The Morgan fingerprint density at radius 2 is 2.14 bits per heavy atom. The maximum Gasteiger partial charge on any atom is 0.220 e. The molecule has 0 saturated carbocycles. The molecule has 1 saturated heterocycles. The average molecular weight is 194 g/mol. The Balaban J connectivity index is 2.87. The number of rotatable bonds is 2. The molecular weight excluding hydrogens is 176 g/mol. The van der Waals surface area contributed by atoms with Gasteiger partial charge in [0.1, 0.15) is 6.04 Å². The van der Waals surface area contributed by atoms with Crippen LogP contribution in [0.25, 0.3) is 0 Å². The Morgan fingerprint density at radius 1 is 1.50 bits per heavy atom. The van der Waals surface area contributed by atoms with Crippen molar-refractivity contribution in [2.75, 3.05) is 0 Å². The SMILES string of the molecule is CC[C@H]1C[C@@H](C#N)N(C(C)=O)[C@H]1CC. The number of likely N-dealkylation sites (tertiary alicyclic amines) is 1. The van der Waals surface area contributed by atoms with Crippen LogP contribution in [-0.4, -0.2) is 22.9 Å². The van der Waals surface area contributed by atoms with Gasteiger partial charge in [0.05, 0.1) is 6.07 Å². The van der Waals surface area contributed by atoms with Gasteiger partial charge in [0.15, 0.2) is 0 Å². The molecular formula is C11H18N2O. The molecule has 0 bridgehead atoms. The Kier molecular flexibility index (Phi) is 3.51. The van der Waals surface area contributed by atoms with Gasteiger partial charge in [-0.3, -0.25) is 4.79 Å². The van der Waals surface area contributed by atoms with Crippen molar-refractivity contribution in [2.24, 2.45) is 5.92 Å². The number of carbonyl (C=O) groups excluding carboxylic acids is 1. The summed E-state index contributed by atoms with van der Waals surface area (Å²) in [4.78, 5) is 13.2. The molecule has 0 aromatic heterocycles. The van der Waals surface area contributed by atoms with Gasteiger partial charge in [0, 0.05) is 13.0 Å². The molecule has 1 aliphatic heterocycles. The second-order valence-corrected chi connectivity index (χ2v) is 3.95. The topological polar surface area (TPSA) is 44.1 Å².